The van der Waals surface area contributed by atoms with Crippen LogP contribution < -0.4 is 5.32 Å². The van der Waals surface area contributed by atoms with Crippen molar-refractivity contribution < 1.29 is 19.4 Å². The number of aliphatic hydroxyl groups excluding tert-OH is 1. The predicted octanol–water partition coefficient (Wildman–Crippen LogP) is 3.92. The van der Waals surface area contributed by atoms with Gasteiger partial charge in [0.1, 0.15) is 5.76 Å². The highest BCUT2D eigenvalue weighted by Crippen LogP contribution is 2.45. The molecule has 1 amide bonds. The molecule has 7 heteroatoms. The number of aliphatic hydroxyl groups is 1. The van der Waals surface area contributed by atoms with Crippen LogP contribution in [0.5, 0.6) is 0 Å². The lowest BCUT2D eigenvalue weighted by atomic mass is 9.76. The SMILES string of the molecule is Cc1cc(Cl)cc(C)c1/C(S)=C(\O)C1(NC=O)CCC2(CC1)OCCO2. The Hall–Kier alpha value is -1.21. The molecule has 5 nitrogen and oxygen atoms in total. The summed E-state index contributed by atoms with van der Waals surface area (Å²) >= 11 is 10.7. The molecular formula is C19H24ClNO4S. The summed E-state index contributed by atoms with van der Waals surface area (Å²) in [4.78, 5) is 11.7. The molecular weight excluding hydrogens is 374 g/mol. The molecule has 2 fully saturated rings. The molecule has 0 unspecified atom stereocenters. The molecule has 0 aromatic heterocycles. The van der Waals surface area contributed by atoms with E-state index in [9.17, 15) is 9.90 Å². The van der Waals surface area contributed by atoms with Crippen LogP contribution in [-0.2, 0) is 14.3 Å². The number of rotatable bonds is 4. The largest absolute Gasteiger partial charge is 0.509 e. The zero-order valence-corrected chi connectivity index (χ0v) is 16.6. The van der Waals surface area contributed by atoms with Crippen LogP contribution in [0.4, 0.5) is 0 Å². The van der Waals surface area contributed by atoms with E-state index in [2.05, 4.69) is 17.9 Å². The van der Waals surface area contributed by atoms with Crippen molar-refractivity contribution in [3.8, 4) is 0 Å². The molecule has 1 aromatic rings. The molecule has 0 radical (unpaired) electrons. The van der Waals surface area contributed by atoms with E-state index in [0.29, 0.717) is 55.2 Å². The topological polar surface area (TPSA) is 67.8 Å². The average Bonchev–Trinajstić information content (AvgIpc) is 3.04. The van der Waals surface area contributed by atoms with Crippen molar-refractivity contribution in [2.75, 3.05) is 13.2 Å². The third kappa shape index (κ3) is 3.48. The van der Waals surface area contributed by atoms with Gasteiger partial charge in [0.05, 0.1) is 23.7 Å². The first-order chi connectivity index (χ1) is 12.3. The second-order valence-electron chi connectivity index (χ2n) is 7.06. The van der Waals surface area contributed by atoms with Gasteiger partial charge in [0.15, 0.2) is 5.79 Å². The summed E-state index contributed by atoms with van der Waals surface area (Å²) in [6.07, 6.45) is 2.84. The summed E-state index contributed by atoms with van der Waals surface area (Å²) < 4.78 is 11.5. The van der Waals surface area contributed by atoms with Crippen LogP contribution in [0, 0.1) is 13.8 Å². The maximum Gasteiger partial charge on any atom is 0.207 e. The highest BCUT2D eigenvalue weighted by molar-refractivity contribution is 7.90. The summed E-state index contributed by atoms with van der Waals surface area (Å²) in [5.41, 5.74) is 1.79. The second-order valence-corrected chi connectivity index (χ2v) is 7.95. The van der Waals surface area contributed by atoms with Crippen molar-refractivity contribution in [3.05, 3.63) is 39.6 Å². The van der Waals surface area contributed by atoms with Crippen LogP contribution in [-0.4, -0.2) is 36.1 Å². The zero-order valence-electron chi connectivity index (χ0n) is 15.0. The summed E-state index contributed by atoms with van der Waals surface area (Å²) in [5, 5.41) is 14.6. The third-order valence-electron chi connectivity index (χ3n) is 5.43. The number of thiol groups is 1. The van der Waals surface area contributed by atoms with Gasteiger partial charge >= 0.3 is 0 Å². The highest BCUT2D eigenvalue weighted by atomic mass is 35.5. The van der Waals surface area contributed by atoms with E-state index in [-0.39, 0.29) is 5.76 Å². The lowest BCUT2D eigenvalue weighted by molar-refractivity contribution is -0.185. The van der Waals surface area contributed by atoms with Gasteiger partial charge < -0.3 is 19.9 Å². The predicted molar refractivity (Wildman–Crippen MR) is 104 cm³/mol. The molecule has 2 N–H and O–H groups in total. The number of hydrogen-bond acceptors (Lipinski definition) is 5. The van der Waals surface area contributed by atoms with Crippen molar-refractivity contribution in [2.24, 2.45) is 0 Å². The Kier molecular flexibility index (Phi) is 5.58. The molecule has 2 aliphatic rings. The summed E-state index contributed by atoms with van der Waals surface area (Å²) in [7, 11) is 0. The van der Waals surface area contributed by atoms with Crippen LogP contribution in [0.25, 0.3) is 4.91 Å². The number of amides is 1. The molecule has 1 aliphatic carbocycles. The Morgan fingerprint density at radius 3 is 2.23 bits per heavy atom. The van der Waals surface area contributed by atoms with Gasteiger partial charge in [-0.3, -0.25) is 4.79 Å². The van der Waals surface area contributed by atoms with Gasteiger partial charge in [0.2, 0.25) is 6.41 Å². The van der Waals surface area contributed by atoms with Crippen LogP contribution in [0.1, 0.15) is 42.4 Å². The Morgan fingerprint density at radius 1 is 1.19 bits per heavy atom. The van der Waals surface area contributed by atoms with E-state index in [1.54, 1.807) is 0 Å². The minimum Gasteiger partial charge on any atom is -0.509 e. The van der Waals surface area contributed by atoms with E-state index in [1.165, 1.54) is 0 Å². The van der Waals surface area contributed by atoms with Gasteiger partial charge in [-0.1, -0.05) is 11.6 Å². The minimum absolute atomic E-state index is 0.0642. The number of carbonyl (C=O) groups is 1. The zero-order chi connectivity index (χ0) is 18.9. The van der Waals surface area contributed by atoms with Gasteiger partial charge in [0.25, 0.3) is 0 Å². The number of halogens is 1. The number of hydrogen-bond donors (Lipinski definition) is 3. The molecule has 0 atom stereocenters. The average molecular weight is 398 g/mol. The van der Waals surface area contributed by atoms with Crippen molar-refractivity contribution in [2.45, 2.75) is 50.9 Å². The molecule has 3 rings (SSSR count). The number of aryl methyl sites for hydroxylation is 2. The van der Waals surface area contributed by atoms with Crippen molar-refractivity contribution in [1.82, 2.24) is 5.32 Å². The normalized spacial score (nSPS) is 22.2. The maximum absolute atomic E-state index is 11.3. The number of nitrogens with one attached hydrogen (secondary N) is 1. The quantitative estimate of drug-likeness (QED) is 0.409. The van der Waals surface area contributed by atoms with Gasteiger partial charge in [-0.15, -0.1) is 12.6 Å². The number of benzene rings is 1. The Balaban J connectivity index is 1.97. The first kappa shape index (κ1) is 19.5. The smallest absolute Gasteiger partial charge is 0.207 e. The van der Waals surface area contributed by atoms with Gasteiger partial charge in [-0.25, -0.2) is 0 Å². The lowest BCUT2D eigenvalue weighted by Crippen LogP contribution is -2.53. The molecule has 1 spiro atoms. The van der Waals surface area contributed by atoms with Gasteiger partial charge in [0, 0.05) is 17.9 Å². The summed E-state index contributed by atoms with van der Waals surface area (Å²) in [6.45, 7) is 5.01. The fraction of sp³-hybridized carbons (Fsp3) is 0.526. The first-order valence-corrected chi connectivity index (χ1v) is 9.54. The molecule has 0 bridgehead atoms. The Labute approximate surface area is 164 Å². The van der Waals surface area contributed by atoms with E-state index in [0.717, 1.165) is 16.7 Å². The fourth-order valence-electron chi connectivity index (χ4n) is 4.03. The lowest BCUT2D eigenvalue weighted by Gasteiger charge is -2.43. The van der Waals surface area contributed by atoms with E-state index in [1.807, 2.05) is 26.0 Å². The summed E-state index contributed by atoms with van der Waals surface area (Å²) in [6, 6.07) is 3.67. The monoisotopic (exact) mass is 397 g/mol. The van der Waals surface area contributed by atoms with Crippen LogP contribution >= 0.6 is 24.2 Å². The van der Waals surface area contributed by atoms with Crippen LogP contribution in [0.15, 0.2) is 17.9 Å². The molecule has 1 aromatic carbocycles. The molecule has 1 saturated carbocycles. The van der Waals surface area contributed by atoms with Gasteiger partial charge in [-0.05, 0) is 55.5 Å². The molecule has 26 heavy (non-hydrogen) atoms. The Bertz CT molecular complexity index is 710. The first-order valence-electron chi connectivity index (χ1n) is 8.72. The molecule has 1 heterocycles. The summed E-state index contributed by atoms with van der Waals surface area (Å²) in [5.74, 6) is -0.522. The fourth-order valence-corrected chi connectivity index (χ4v) is 4.93. The van der Waals surface area contributed by atoms with E-state index < -0.39 is 11.3 Å². The van der Waals surface area contributed by atoms with E-state index >= 15 is 0 Å². The Morgan fingerprint density at radius 2 is 1.73 bits per heavy atom. The molecule has 142 valence electrons. The van der Waals surface area contributed by atoms with Crippen molar-refractivity contribution >= 4 is 35.5 Å². The van der Waals surface area contributed by atoms with Crippen LogP contribution in [0.3, 0.4) is 0 Å². The van der Waals surface area contributed by atoms with Crippen molar-refractivity contribution in [1.29, 1.82) is 0 Å². The number of ether oxygens (including phenoxy) is 2. The van der Waals surface area contributed by atoms with Crippen molar-refractivity contribution in [3.63, 3.8) is 0 Å². The molecule has 1 aliphatic heterocycles. The second kappa shape index (κ2) is 7.43. The van der Waals surface area contributed by atoms with Crippen LogP contribution in [0.2, 0.25) is 5.02 Å². The number of carbonyl (C=O) groups excluding carboxylic acids is 1. The standard InChI is InChI=1S/C19H24ClNO4S/c1-12-9-14(20)10-13(2)15(12)16(26)17(23)18(21-11-22)3-5-19(6-4-18)24-7-8-25-19/h9-11,23,26H,3-8H2,1-2H3,(H,21,22)/b17-16+. The maximum atomic E-state index is 11.3. The highest BCUT2D eigenvalue weighted by Gasteiger charge is 2.48. The minimum atomic E-state index is -0.877. The van der Waals surface area contributed by atoms with E-state index in [4.69, 9.17) is 21.1 Å². The molecule has 1 saturated heterocycles. The van der Waals surface area contributed by atoms with Gasteiger partial charge in [-0.2, -0.15) is 0 Å². The third-order valence-corrected chi connectivity index (χ3v) is 6.08.